The Morgan fingerprint density at radius 3 is 2.50 bits per heavy atom. The highest BCUT2D eigenvalue weighted by molar-refractivity contribution is 9.10. The first kappa shape index (κ1) is 13.7. The van der Waals surface area contributed by atoms with Crippen molar-refractivity contribution in [1.82, 2.24) is 0 Å². The van der Waals surface area contributed by atoms with Crippen LogP contribution < -0.4 is 5.73 Å². The summed E-state index contributed by atoms with van der Waals surface area (Å²) >= 11 is 3.42. The molecule has 0 aromatic carbocycles. The maximum Gasteiger partial charge on any atom is 0.137 e. The summed E-state index contributed by atoms with van der Waals surface area (Å²) in [6, 6.07) is 1.59. The van der Waals surface area contributed by atoms with Crippen molar-refractivity contribution in [3.8, 4) is 0 Å². The maximum atomic E-state index is 6.21. The molecule has 0 amide bonds. The largest absolute Gasteiger partial charge is 0.466 e. The van der Waals surface area contributed by atoms with Gasteiger partial charge in [-0.2, -0.15) is 0 Å². The van der Waals surface area contributed by atoms with Crippen LogP contribution in [0.15, 0.2) is 21.2 Å². The number of hydrogen-bond acceptors (Lipinski definition) is 3. The van der Waals surface area contributed by atoms with Gasteiger partial charge in [-0.3, -0.25) is 0 Å². The Kier molecular flexibility index (Phi) is 4.59. The number of hydrogen-bond donors (Lipinski definition) is 1. The number of furan rings is 1. The topological polar surface area (TPSA) is 48.4 Å². The van der Waals surface area contributed by atoms with Gasteiger partial charge in [0, 0.05) is 6.61 Å². The molecule has 1 aromatic rings. The number of ether oxygens (including phenoxy) is 1. The van der Waals surface area contributed by atoms with Crippen molar-refractivity contribution in [2.45, 2.75) is 39.8 Å². The van der Waals surface area contributed by atoms with E-state index in [1.54, 1.807) is 6.26 Å². The average molecular weight is 290 g/mol. The van der Waals surface area contributed by atoms with Gasteiger partial charge in [0.05, 0.1) is 22.9 Å². The molecule has 0 radical (unpaired) electrons. The molecule has 1 heterocycles. The Balaban J connectivity index is 2.92. The normalized spacial score (nSPS) is 16.1. The predicted molar refractivity (Wildman–Crippen MR) is 68.2 cm³/mol. The monoisotopic (exact) mass is 289 g/mol. The fourth-order valence-electron chi connectivity index (χ4n) is 1.75. The molecule has 0 aliphatic heterocycles. The molecule has 0 saturated carbocycles. The highest BCUT2D eigenvalue weighted by Gasteiger charge is 2.34. The lowest BCUT2D eigenvalue weighted by Gasteiger charge is -2.34. The summed E-state index contributed by atoms with van der Waals surface area (Å²) in [5.41, 5.74) is 6.18. The standard InChI is InChI=1S/C12H20BrNO2/c1-5-15-11(12(2,3)4)9(14)10-8(13)6-7-16-10/h6-7,9,11H,5,14H2,1-4H3. The minimum Gasteiger partial charge on any atom is -0.466 e. The molecule has 1 aromatic heterocycles. The van der Waals surface area contributed by atoms with E-state index < -0.39 is 0 Å². The number of rotatable bonds is 4. The van der Waals surface area contributed by atoms with E-state index >= 15 is 0 Å². The summed E-state index contributed by atoms with van der Waals surface area (Å²) in [5, 5.41) is 0. The van der Waals surface area contributed by atoms with Crippen LogP contribution in [0.25, 0.3) is 0 Å². The SMILES string of the molecule is CCOC(C(N)c1occc1Br)C(C)(C)C. The van der Waals surface area contributed by atoms with E-state index in [2.05, 4.69) is 36.7 Å². The smallest absolute Gasteiger partial charge is 0.137 e. The van der Waals surface area contributed by atoms with Crippen molar-refractivity contribution in [3.05, 3.63) is 22.6 Å². The molecular weight excluding hydrogens is 270 g/mol. The summed E-state index contributed by atoms with van der Waals surface area (Å²) in [6.45, 7) is 8.97. The minimum absolute atomic E-state index is 0.0261. The van der Waals surface area contributed by atoms with Crippen molar-refractivity contribution >= 4 is 15.9 Å². The molecule has 0 aliphatic carbocycles. The van der Waals surface area contributed by atoms with Crippen molar-refractivity contribution in [3.63, 3.8) is 0 Å². The van der Waals surface area contributed by atoms with Crippen LogP contribution in [0.2, 0.25) is 0 Å². The van der Waals surface area contributed by atoms with Crippen LogP contribution in [-0.4, -0.2) is 12.7 Å². The molecule has 4 heteroatoms. The summed E-state index contributed by atoms with van der Waals surface area (Å²) in [4.78, 5) is 0. The lowest BCUT2D eigenvalue weighted by atomic mass is 9.84. The first-order chi connectivity index (χ1) is 7.38. The Morgan fingerprint density at radius 1 is 1.50 bits per heavy atom. The van der Waals surface area contributed by atoms with Gasteiger partial charge in [-0.25, -0.2) is 0 Å². The summed E-state index contributed by atoms with van der Waals surface area (Å²) < 4.78 is 12.0. The molecule has 3 nitrogen and oxygen atoms in total. The molecule has 0 spiro atoms. The van der Waals surface area contributed by atoms with Crippen LogP contribution in [0.5, 0.6) is 0 Å². The van der Waals surface area contributed by atoms with Crippen molar-refractivity contribution in [2.24, 2.45) is 11.1 Å². The van der Waals surface area contributed by atoms with Gasteiger partial charge in [-0.15, -0.1) is 0 Å². The quantitative estimate of drug-likeness (QED) is 0.923. The Bertz CT molecular complexity index is 330. The zero-order valence-corrected chi connectivity index (χ0v) is 11.9. The van der Waals surface area contributed by atoms with E-state index in [-0.39, 0.29) is 17.6 Å². The molecule has 16 heavy (non-hydrogen) atoms. The lowest BCUT2D eigenvalue weighted by molar-refractivity contribution is -0.0323. The maximum absolute atomic E-state index is 6.21. The van der Waals surface area contributed by atoms with Crippen LogP contribution in [0.4, 0.5) is 0 Å². The third kappa shape index (κ3) is 3.09. The van der Waals surface area contributed by atoms with Gasteiger partial charge >= 0.3 is 0 Å². The minimum atomic E-state index is -0.260. The first-order valence-corrected chi connectivity index (χ1v) is 6.27. The van der Waals surface area contributed by atoms with E-state index in [4.69, 9.17) is 14.9 Å². The highest BCUT2D eigenvalue weighted by atomic mass is 79.9. The van der Waals surface area contributed by atoms with Crippen LogP contribution in [-0.2, 0) is 4.74 Å². The molecule has 0 fully saturated rings. The zero-order chi connectivity index (χ0) is 12.3. The van der Waals surface area contributed by atoms with E-state index in [1.165, 1.54) is 0 Å². The van der Waals surface area contributed by atoms with Gasteiger partial charge in [0.2, 0.25) is 0 Å². The zero-order valence-electron chi connectivity index (χ0n) is 10.3. The second-order valence-electron chi connectivity index (χ2n) is 4.90. The second-order valence-corrected chi connectivity index (χ2v) is 5.75. The van der Waals surface area contributed by atoms with E-state index in [1.807, 2.05) is 13.0 Å². The van der Waals surface area contributed by atoms with Gasteiger partial charge in [-0.05, 0) is 34.3 Å². The van der Waals surface area contributed by atoms with Crippen molar-refractivity contribution < 1.29 is 9.15 Å². The van der Waals surface area contributed by atoms with Gasteiger partial charge in [0.15, 0.2) is 0 Å². The fraction of sp³-hybridized carbons (Fsp3) is 0.667. The molecule has 0 bridgehead atoms. The molecule has 2 atom stereocenters. The predicted octanol–water partition coefficient (Wildman–Crippen LogP) is 3.49. The third-order valence-electron chi connectivity index (χ3n) is 2.47. The molecule has 0 aliphatic rings. The summed E-state index contributed by atoms with van der Waals surface area (Å²) in [5.74, 6) is 0.744. The van der Waals surface area contributed by atoms with Crippen molar-refractivity contribution in [2.75, 3.05) is 6.61 Å². The van der Waals surface area contributed by atoms with Crippen LogP contribution in [0.1, 0.15) is 39.5 Å². The fourth-order valence-corrected chi connectivity index (χ4v) is 2.22. The Labute approximate surface area is 105 Å². The molecule has 92 valence electrons. The third-order valence-corrected chi connectivity index (χ3v) is 3.13. The van der Waals surface area contributed by atoms with Gasteiger partial charge < -0.3 is 14.9 Å². The van der Waals surface area contributed by atoms with Gasteiger partial charge in [0.25, 0.3) is 0 Å². The molecule has 0 saturated heterocycles. The Morgan fingerprint density at radius 2 is 2.12 bits per heavy atom. The van der Waals surface area contributed by atoms with Gasteiger partial charge in [0.1, 0.15) is 5.76 Å². The van der Waals surface area contributed by atoms with E-state index in [0.717, 1.165) is 10.2 Å². The average Bonchev–Trinajstić information content (AvgIpc) is 2.58. The van der Waals surface area contributed by atoms with E-state index in [9.17, 15) is 0 Å². The first-order valence-electron chi connectivity index (χ1n) is 5.48. The van der Waals surface area contributed by atoms with E-state index in [0.29, 0.717) is 6.61 Å². The van der Waals surface area contributed by atoms with Crippen LogP contribution in [0.3, 0.4) is 0 Å². The molecule has 1 rings (SSSR count). The van der Waals surface area contributed by atoms with Crippen molar-refractivity contribution in [1.29, 1.82) is 0 Å². The number of nitrogens with two attached hydrogens (primary N) is 1. The van der Waals surface area contributed by atoms with Gasteiger partial charge in [-0.1, -0.05) is 20.8 Å². The summed E-state index contributed by atoms with van der Waals surface area (Å²) in [6.07, 6.45) is 1.56. The number of halogens is 1. The molecular formula is C12H20BrNO2. The molecule has 2 unspecified atom stereocenters. The second kappa shape index (κ2) is 5.34. The van der Waals surface area contributed by atoms with Crippen LogP contribution >= 0.6 is 15.9 Å². The Hall–Kier alpha value is -0.320. The van der Waals surface area contributed by atoms with Crippen LogP contribution in [0, 0.1) is 5.41 Å². The lowest BCUT2D eigenvalue weighted by Crippen LogP contribution is -2.39. The molecule has 2 N–H and O–H groups in total. The highest BCUT2D eigenvalue weighted by Crippen LogP contribution is 2.34. The summed E-state index contributed by atoms with van der Waals surface area (Å²) in [7, 11) is 0.